The minimum Gasteiger partial charge on any atom is -0.497 e. The van der Waals surface area contributed by atoms with Gasteiger partial charge < -0.3 is 4.74 Å². The summed E-state index contributed by atoms with van der Waals surface area (Å²) in [6.07, 6.45) is -3.33. The van der Waals surface area contributed by atoms with E-state index in [1.807, 2.05) is 24.3 Å². The lowest BCUT2D eigenvalue weighted by Gasteiger charge is -2.14. The number of rotatable bonds is 3. The number of hydrogen-bond acceptors (Lipinski definition) is 5. The fraction of sp³-hybridized carbons (Fsp3) is 0.130. The molecular formula is C23H16F3N5O2. The Labute approximate surface area is 184 Å². The molecule has 0 aliphatic heterocycles. The first-order valence-electron chi connectivity index (χ1n) is 9.88. The maximum absolute atomic E-state index is 13.5. The average Bonchev–Trinajstić information content (AvgIpc) is 3.15. The molecule has 0 N–H and O–H groups in total. The van der Waals surface area contributed by atoms with Gasteiger partial charge in [0.1, 0.15) is 11.3 Å². The summed E-state index contributed by atoms with van der Waals surface area (Å²) < 4.78 is 48.0. The van der Waals surface area contributed by atoms with E-state index in [1.165, 1.54) is 35.0 Å². The number of alkyl halides is 3. The lowest BCUT2D eigenvalue weighted by atomic mass is 10.1. The van der Waals surface area contributed by atoms with E-state index in [1.54, 1.807) is 14.0 Å². The minimum absolute atomic E-state index is 0.0919. The summed E-state index contributed by atoms with van der Waals surface area (Å²) in [5.74, 6) is 0.698. The first-order valence-corrected chi connectivity index (χ1v) is 9.88. The molecule has 0 fully saturated rings. The molecule has 0 unspecified atom stereocenters. The van der Waals surface area contributed by atoms with E-state index < -0.39 is 17.3 Å². The third-order valence-corrected chi connectivity index (χ3v) is 5.40. The molecule has 10 heteroatoms. The molecule has 0 saturated heterocycles. The molecule has 3 heterocycles. The van der Waals surface area contributed by atoms with Crippen LogP contribution < -0.4 is 10.3 Å². The predicted octanol–water partition coefficient (Wildman–Crippen LogP) is 4.43. The molecule has 0 atom stereocenters. The topological polar surface area (TPSA) is 74.3 Å². The summed E-state index contributed by atoms with van der Waals surface area (Å²) in [7, 11) is 1.58. The Hall–Kier alpha value is -4.21. The van der Waals surface area contributed by atoms with E-state index in [9.17, 15) is 18.0 Å². The molecular weight excluding hydrogens is 435 g/mol. The largest absolute Gasteiger partial charge is 0.497 e. The lowest BCUT2D eigenvalue weighted by molar-refractivity contribution is -0.137. The quantitative estimate of drug-likeness (QED) is 0.406. The first kappa shape index (κ1) is 20.7. The number of aromatic nitrogens is 5. The van der Waals surface area contributed by atoms with Gasteiger partial charge in [-0.1, -0.05) is 24.3 Å². The van der Waals surface area contributed by atoms with Crippen LogP contribution in [0.3, 0.4) is 0 Å². The molecule has 0 bridgehead atoms. The number of pyridine rings is 1. The van der Waals surface area contributed by atoms with Crippen molar-refractivity contribution in [2.75, 3.05) is 7.11 Å². The van der Waals surface area contributed by atoms with E-state index in [2.05, 4.69) is 15.3 Å². The number of fused-ring (bicyclic) bond motifs is 3. The second-order valence-electron chi connectivity index (χ2n) is 7.36. The van der Waals surface area contributed by atoms with Gasteiger partial charge in [-0.3, -0.25) is 9.36 Å². The zero-order valence-electron chi connectivity index (χ0n) is 17.5. The Bertz CT molecular complexity index is 1570. The molecule has 0 radical (unpaired) electrons. The molecule has 0 spiro atoms. The molecule has 3 aromatic heterocycles. The van der Waals surface area contributed by atoms with Crippen molar-refractivity contribution < 1.29 is 17.9 Å². The molecule has 0 amide bonds. The Morgan fingerprint density at radius 2 is 1.70 bits per heavy atom. The number of methoxy groups -OCH3 is 1. The predicted molar refractivity (Wildman–Crippen MR) is 116 cm³/mol. The van der Waals surface area contributed by atoms with Crippen molar-refractivity contribution in [3.63, 3.8) is 0 Å². The van der Waals surface area contributed by atoms with Crippen molar-refractivity contribution in [2.24, 2.45) is 0 Å². The first-order chi connectivity index (χ1) is 15.8. The third kappa shape index (κ3) is 3.30. The Balaban J connectivity index is 1.73. The molecule has 5 rings (SSSR count). The molecule has 0 saturated carbocycles. The molecule has 5 aromatic rings. The normalized spacial score (nSPS) is 11.9. The maximum atomic E-state index is 13.5. The standard InChI is InChI=1S/C23H16F3N5O2/c1-13-19(14-7-9-15(33-2)10-8-14)21-28-27-20-18(31(21)29-13)11-12-30(22(20)32)17-6-4-3-5-16(17)23(24,25)26/h3-12H,1-2H3. The van der Waals surface area contributed by atoms with Gasteiger partial charge in [-0.05, 0) is 42.8 Å². The number of aryl methyl sites for hydroxylation is 1. The van der Waals surface area contributed by atoms with Crippen LogP contribution in [0.5, 0.6) is 5.75 Å². The van der Waals surface area contributed by atoms with Gasteiger partial charge in [-0.2, -0.15) is 18.3 Å². The number of halogens is 3. The zero-order chi connectivity index (χ0) is 23.3. The van der Waals surface area contributed by atoms with Gasteiger partial charge in [0.25, 0.3) is 5.56 Å². The van der Waals surface area contributed by atoms with Gasteiger partial charge in [-0.15, -0.1) is 10.2 Å². The highest BCUT2D eigenvalue weighted by Crippen LogP contribution is 2.33. The van der Waals surface area contributed by atoms with Gasteiger partial charge in [0.05, 0.1) is 29.6 Å². The number of ether oxygens (including phenoxy) is 1. The summed E-state index contributed by atoms with van der Waals surface area (Å²) in [6.45, 7) is 1.81. The number of nitrogens with zero attached hydrogens (tertiary/aromatic N) is 5. The number of para-hydroxylation sites is 1. The maximum Gasteiger partial charge on any atom is 0.418 e. The van der Waals surface area contributed by atoms with Gasteiger partial charge in [0.2, 0.25) is 0 Å². The SMILES string of the molecule is COc1ccc(-c2c(C)nn3c2nnc2c(=O)n(-c4ccccc4C(F)(F)F)ccc23)cc1. The van der Waals surface area contributed by atoms with Gasteiger partial charge >= 0.3 is 6.18 Å². The Kier molecular flexibility index (Phi) is 4.66. The van der Waals surface area contributed by atoms with Crippen molar-refractivity contribution >= 4 is 16.7 Å². The lowest BCUT2D eigenvalue weighted by Crippen LogP contribution is -2.23. The Morgan fingerprint density at radius 1 is 0.970 bits per heavy atom. The van der Waals surface area contributed by atoms with Gasteiger partial charge in [0, 0.05) is 6.20 Å². The second-order valence-corrected chi connectivity index (χ2v) is 7.36. The summed E-state index contributed by atoms with van der Waals surface area (Å²) in [4.78, 5) is 13.1. The highest BCUT2D eigenvalue weighted by Gasteiger charge is 2.34. The van der Waals surface area contributed by atoms with Crippen molar-refractivity contribution in [1.29, 1.82) is 0 Å². The highest BCUT2D eigenvalue weighted by atomic mass is 19.4. The van der Waals surface area contributed by atoms with Crippen LogP contribution in [-0.2, 0) is 6.18 Å². The zero-order valence-corrected chi connectivity index (χ0v) is 17.5. The Morgan fingerprint density at radius 3 is 2.39 bits per heavy atom. The van der Waals surface area contributed by atoms with Crippen molar-refractivity contribution in [2.45, 2.75) is 13.1 Å². The summed E-state index contributed by atoms with van der Waals surface area (Å²) in [5.41, 5.74) is 0.985. The summed E-state index contributed by atoms with van der Waals surface area (Å²) in [5, 5.41) is 12.8. The molecule has 7 nitrogen and oxygen atoms in total. The number of benzene rings is 2. The van der Waals surface area contributed by atoms with Crippen LogP contribution in [0.2, 0.25) is 0 Å². The molecule has 0 aliphatic rings. The van der Waals surface area contributed by atoms with E-state index in [0.717, 1.165) is 21.8 Å². The summed E-state index contributed by atoms with van der Waals surface area (Å²) >= 11 is 0. The van der Waals surface area contributed by atoms with Gasteiger partial charge in [0.15, 0.2) is 11.2 Å². The molecule has 166 valence electrons. The van der Waals surface area contributed by atoms with E-state index in [-0.39, 0.29) is 11.2 Å². The van der Waals surface area contributed by atoms with Crippen LogP contribution in [0.15, 0.2) is 65.6 Å². The van der Waals surface area contributed by atoms with Crippen LogP contribution in [0.25, 0.3) is 33.5 Å². The average molecular weight is 451 g/mol. The van der Waals surface area contributed by atoms with E-state index in [0.29, 0.717) is 22.6 Å². The molecule has 2 aromatic carbocycles. The van der Waals surface area contributed by atoms with Gasteiger partial charge in [-0.25, -0.2) is 4.52 Å². The van der Waals surface area contributed by atoms with Crippen molar-refractivity contribution in [1.82, 2.24) is 24.4 Å². The van der Waals surface area contributed by atoms with Crippen LogP contribution in [0.4, 0.5) is 13.2 Å². The smallest absolute Gasteiger partial charge is 0.418 e. The minimum atomic E-state index is -4.62. The third-order valence-electron chi connectivity index (χ3n) is 5.40. The van der Waals surface area contributed by atoms with Crippen LogP contribution in [-0.4, -0.2) is 31.5 Å². The van der Waals surface area contributed by atoms with Crippen LogP contribution in [0.1, 0.15) is 11.3 Å². The van der Waals surface area contributed by atoms with E-state index in [4.69, 9.17) is 4.74 Å². The second kappa shape index (κ2) is 7.44. The number of hydrogen-bond donors (Lipinski definition) is 0. The van der Waals surface area contributed by atoms with Crippen molar-refractivity contribution in [3.05, 3.63) is 82.4 Å². The van der Waals surface area contributed by atoms with E-state index >= 15 is 0 Å². The van der Waals surface area contributed by atoms with Crippen LogP contribution in [0, 0.1) is 6.92 Å². The fourth-order valence-corrected chi connectivity index (χ4v) is 3.86. The summed E-state index contributed by atoms with van der Waals surface area (Å²) in [6, 6.07) is 13.7. The molecule has 33 heavy (non-hydrogen) atoms. The fourth-order valence-electron chi connectivity index (χ4n) is 3.86. The monoisotopic (exact) mass is 451 g/mol. The highest BCUT2D eigenvalue weighted by molar-refractivity contribution is 5.84. The van der Waals surface area contributed by atoms with Crippen molar-refractivity contribution in [3.8, 4) is 22.6 Å². The van der Waals surface area contributed by atoms with Crippen LogP contribution >= 0.6 is 0 Å². The molecule has 0 aliphatic carbocycles.